The van der Waals surface area contributed by atoms with Crippen molar-refractivity contribution in [2.24, 2.45) is 0 Å². The smallest absolute Gasteiger partial charge is 0.184 e. The first kappa shape index (κ1) is 20.7. The number of methoxy groups -OCH3 is 1. The highest BCUT2D eigenvalue weighted by Crippen LogP contribution is 2.42. The summed E-state index contributed by atoms with van der Waals surface area (Å²) in [6.45, 7) is 6.34. The number of aryl methyl sites for hydroxylation is 1. The minimum absolute atomic E-state index is 0.235. The molecule has 1 aromatic carbocycles. The van der Waals surface area contributed by atoms with E-state index in [1.54, 1.807) is 18.2 Å². The molecule has 8 nitrogen and oxygen atoms in total. The second kappa shape index (κ2) is 7.93. The molecule has 1 aliphatic heterocycles. The lowest BCUT2D eigenvalue weighted by molar-refractivity contribution is 0.399. The fraction of sp³-hybridized carbons (Fsp3) is 0.273. The Balaban J connectivity index is 1.90. The number of aromatic nitrogens is 4. The number of anilines is 1. The van der Waals surface area contributed by atoms with Gasteiger partial charge < -0.3 is 10.5 Å². The average Bonchev–Trinajstić information content (AvgIpc) is 3.12. The minimum Gasteiger partial charge on any atom is -0.496 e. The average molecular weight is 436 g/mol. The predicted molar refractivity (Wildman–Crippen MR) is 120 cm³/mol. The van der Waals surface area contributed by atoms with Crippen LogP contribution in [0.3, 0.4) is 0 Å². The lowest BCUT2D eigenvalue weighted by Gasteiger charge is -2.24. The minimum atomic E-state index is -0.235. The van der Waals surface area contributed by atoms with E-state index in [9.17, 15) is 0 Å². The van der Waals surface area contributed by atoms with Crippen LogP contribution in [0.4, 0.5) is 5.82 Å². The Morgan fingerprint density at radius 2 is 2.10 bits per heavy atom. The lowest BCUT2D eigenvalue weighted by atomic mass is 9.92. The van der Waals surface area contributed by atoms with E-state index in [1.807, 2.05) is 43.7 Å². The molecule has 0 saturated heterocycles. The number of benzene rings is 1. The molecule has 2 N–H and O–H groups in total. The van der Waals surface area contributed by atoms with E-state index >= 15 is 0 Å². The van der Waals surface area contributed by atoms with Crippen molar-refractivity contribution in [3.05, 3.63) is 58.2 Å². The molecule has 1 atom stereocenters. The van der Waals surface area contributed by atoms with Crippen molar-refractivity contribution in [3.8, 4) is 11.9 Å². The van der Waals surface area contributed by atoms with Gasteiger partial charge in [0.15, 0.2) is 11.8 Å². The van der Waals surface area contributed by atoms with E-state index in [0.717, 1.165) is 33.3 Å². The molecule has 1 aliphatic rings. The van der Waals surface area contributed by atoms with Gasteiger partial charge in [-0.15, -0.1) is 0 Å². The molecule has 9 heteroatoms. The Labute approximate surface area is 185 Å². The van der Waals surface area contributed by atoms with Crippen LogP contribution in [-0.4, -0.2) is 38.3 Å². The van der Waals surface area contributed by atoms with Gasteiger partial charge in [-0.2, -0.15) is 10.4 Å². The van der Waals surface area contributed by atoms with Gasteiger partial charge in [-0.1, -0.05) is 17.7 Å². The summed E-state index contributed by atoms with van der Waals surface area (Å²) in [5.74, 6) is 1.11. The summed E-state index contributed by atoms with van der Waals surface area (Å²) in [7, 11) is 1.64. The molecule has 31 heavy (non-hydrogen) atoms. The van der Waals surface area contributed by atoms with Crippen molar-refractivity contribution in [1.82, 2.24) is 24.6 Å². The van der Waals surface area contributed by atoms with E-state index in [2.05, 4.69) is 21.3 Å². The van der Waals surface area contributed by atoms with Crippen molar-refractivity contribution >= 4 is 34.0 Å². The van der Waals surface area contributed by atoms with E-state index in [4.69, 9.17) is 27.3 Å². The fourth-order valence-electron chi connectivity index (χ4n) is 3.95. The number of hydrogen-bond acceptors (Lipinski definition) is 7. The molecule has 0 aliphatic carbocycles. The van der Waals surface area contributed by atoms with E-state index in [0.29, 0.717) is 28.8 Å². The standard InChI is InChI=1S/C22H22ClN7O/c1-12-17(23)9-16(20(31-4)18(12)15-5-7-29(10-24)8-6-15)14(3)30-22-19(13(2)28-30)21(25)26-11-27-22/h5-7,9,11,14H,8H2,1-4H3,(H2,25,26,27). The Hall–Kier alpha value is -3.57. The maximum absolute atomic E-state index is 9.12. The highest BCUT2D eigenvalue weighted by Gasteiger charge is 2.25. The number of hydrogen-bond donors (Lipinski definition) is 1. The van der Waals surface area contributed by atoms with Gasteiger partial charge in [0, 0.05) is 22.3 Å². The molecule has 3 aromatic rings. The van der Waals surface area contributed by atoms with Crippen LogP contribution in [0, 0.1) is 25.3 Å². The quantitative estimate of drug-likeness (QED) is 0.617. The second-order valence-corrected chi connectivity index (χ2v) is 7.78. The molecule has 3 heterocycles. The van der Waals surface area contributed by atoms with Crippen molar-refractivity contribution in [1.29, 1.82) is 5.26 Å². The number of nitriles is 1. The summed E-state index contributed by atoms with van der Waals surface area (Å²) < 4.78 is 7.71. The number of rotatable bonds is 4. The Morgan fingerprint density at radius 1 is 1.32 bits per heavy atom. The molecule has 0 amide bonds. The molecule has 158 valence electrons. The van der Waals surface area contributed by atoms with E-state index < -0.39 is 0 Å². The van der Waals surface area contributed by atoms with Crippen LogP contribution in [0.1, 0.15) is 35.3 Å². The second-order valence-electron chi connectivity index (χ2n) is 7.37. The van der Waals surface area contributed by atoms with Crippen LogP contribution in [-0.2, 0) is 0 Å². The lowest BCUT2D eigenvalue weighted by Crippen LogP contribution is -2.15. The van der Waals surface area contributed by atoms with Gasteiger partial charge in [0.1, 0.15) is 17.9 Å². The number of nitrogens with two attached hydrogens (primary N) is 1. The molecule has 4 rings (SSSR count). The topological polar surface area (TPSA) is 106 Å². The van der Waals surface area contributed by atoms with Gasteiger partial charge in [0.25, 0.3) is 0 Å². The predicted octanol–water partition coefficient (Wildman–Crippen LogP) is 3.99. The zero-order valence-corrected chi connectivity index (χ0v) is 18.5. The first-order chi connectivity index (χ1) is 14.9. The zero-order valence-electron chi connectivity index (χ0n) is 17.7. The van der Waals surface area contributed by atoms with Crippen LogP contribution >= 0.6 is 11.6 Å². The van der Waals surface area contributed by atoms with Crippen molar-refractivity contribution in [3.63, 3.8) is 0 Å². The highest BCUT2D eigenvalue weighted by molar-refractivity contribution is 6.31. The molecular weight excluding hydrogens is 414 g/mol. The van der Waals surface area contributed by atoms with Gasteiger partial charge in [0.05, 0.1) is 30.8 Å². The third-order valence-corrected chi connectivity index (χ3v) is 5.97. The number of ether oxygens (including phenoxy) is 1. The van der Waals surface area contributed by atoms with Crippen LogP contribution in [0.25, 0.3) is 16.6 Å². The van der Waals surface area contributed by atoms with Crippen LogP contribution < -0.4 is 10.5 Å². The van der Waals surface area contributed by atoms with Gasteiger partial charge in [-0.05, 0) is 44.1 Å². The summed E-state index contributed by atoms with van der Waals surface area (Å²) in [5, 5.41) is 15.2. The molecular formula is C22H22ClN7O. The largest absolute Gasteiger partial charge is 0.496 e. The van der Waals surface area contributed by atoms with Crippen molar-refractivity contribution in [2.45, 2.75) is 26.8 Å². The summed E-state index contributed by atoms with van der Waals surface area (Å²) >= 11 is 6.66. The summed E-state index contributed by atoms with van der Waals surface area (Å²) in [6, 6.07) is 1.67. The molecule has 0 saturated carbocycles. The maximum atomic E-state index is 9.12. The SMILES string of the molecule is COc1c(C(C)n2nc(C)c3c(N)ncnc32)cc(Cl)c(C)c1C1=CCN(C#N)C=C1. The fourth-order valence-corrected chi connectivity index (χ4v) is 4.16. The molecule has 0 spiro atoms. The van der Waals surface area contributed by atoms with Crippen molar-refractivity contribution < 1.29 is 4.74 Å². The summed E-state index contributed by atoms with van der Waals surface area (Å²) in [4.78, 5) is 10.0. The molecule has 0 bridgehead atoms. The van der Waals surface area contributed by atoms with Gasteiger partial charge >= 0.3 is 0 Å². The van der Waals surface area contributed by atoms with Crippen LogP contribution in [0.5, 0.6) is 5.75 Å². The number of nitrogens with zero attached hydrogens (tertiary/aromatic N) is 6. The Morgan fingerprint density at radius 3 is 2.74 bits per heavy atom. The number of fused-ring (bicyclic) bond motifs is 1. The molecule has 1 unspecified atom stereocenters. The number of halogens is 1. The number of nitrogen functional groups attached to an aromatic ring is 1. The van der Waals surface area contributed by atoms with Gasteiger partial charge in [-0.3, -0.25) is 4.90 Å². The third-order valence-electron chi connectivity index (χ3n) is 5.58. The summed E-state index contributed by atoms with van der Waals surface area (Å²) in [6.07, 6.45) is 9.18. The molecule has 0 radical (unpaired) electrons. The third kappa shape index (κ3) is 3.37. The molecule has 2 aromatic heterocycles. The van der Waals surface area contributed by atoms with Gasteiger partial charge in [-0.25, -0.2) is 14.6 Å². The molecule has 0 fully saturated rings. The maximum Gasteiger partial charge on any atom is 0.184 e. The number of allylic oxidation sites excluding steroid dienone is 2. The van der Waals surface area contributed by atoms with Crippen LogP contribution in [0.15, 0.2) is 30.7 Å². The first-order valence-electron chi connectivity index (χ1n) is 9.74. The van der Waals surface area contributed by atoms with Gasteiger partial charge in [0.2, 0.25) is 0 Å². The first-order valence-corrected chi connectivity index (χ1v) is 10.1. The Bertz CT molecular complexity index is 1290. The Kier molecular flexibility index (Phi) is 5.29. The summed E-state index contributed by atoms with van der Waals surface area (Å²) in [5.41, 5.74) is 11.1. The normalized spacial score (nSPS) is 14.5. The van der Waals surface area contributed by atoms with Crippen molar-refractivity contribution in [2.75, 3.05) is 19.4 Å². The van der Waals surface area contributed by atoms with Crippen LogP contribution in [0.2, 0.25) is 5.02 Å². The monoisotopic (exact) mass is 435 g/mol. The zero-order chi connectivity index (χ0) is 22.3. The highest BCUT2D eigenvalue weighted by atomic mass is 35.5. The van der Waals surface area contributed by atoms with E-state index in [1.165, 1.54) is 6.33 Å². The van der Waals surface area contributed by atoms with E-state index in [-0.39, 0.29) is 6.04 Å².